The summed E-state index contributed by atoms with van der Waals surface area (Å²) in [6, 6.07) is 4.37. The molecule has 1 unspecified atom stereocenters. The molecule has 2 amide bonds. The van der Waals surface area contributed by atoms with Crippen molar-refractivity contribution in [2.75, 3.05) is 18.4 Å². The fraction of sp³-hybridized carbons (Fsp3) is 0.550. The summed E-state index contributed by atoms with van der Waals surface area (Å²) in [5, 5.41) is 17.0. The molecule has 0 aromatic carbocycles. The Kier molecular flexibility index (Phi) is 5.54. The number of aromatic nitrogens is 2. The number of nitrogens with zero attached hydrogens (tertiary/aromatic N) is 3. The molecule has 7 heteroatoms. The van der Waals surface area contributed by atoms with Crippen molar-refractivity contribution in [3.63, 3.8) is 0 Å². The molecule has 27 heavy (non-hydrogen) atoms. The summed E-state index contributed by atoms with van der Waals surface area (Å²) in [7, 11) is 0. The molecule has 1 fully saturated rings. The van der Waals surface area contributed by atoms with E-state index in [0.717, 1.165) is 23.1 Å². The Morgan fingerprint density at radius 3 is 2.89 bits per heavy atom. The minimum Gasteiger partial charge on any atom is -0.378 e. The lowest BCUT2D eigenvalue weighted by Gasteiger charge is -2.23. The number of aromatic amines is 1. The highest BCUT2D eigenvalue weighted by atomic mass is 16.2. The molecule has 7 nitrogen and oxygen atoms in total. The number of nitrogens with one attached hydrogen (secondary N) is 3. The molecule has 0 radical (unpaired) electrons. The highest BCUT2D eigenvalue weighted by molar-refractivity contribution is 5.92. The number of amides is 2. The number of H-pyrrole nitrogens is 1. The van der Waals surface area contributed by atoms with Crippen molar-refractivity contribution < 1.29 is 4.79 Å². The molecule has 144 valence electrons. The molecule has 0 saturated carbocycles. The van der Waals surface area contributed by atoms with Gasteiger partial charge in [-0.2, -0.15) is 5.26 Å². The molecule has 0 bridgehead atoms. The molecule has 2 aromatic rings. The van der Waals surface area contributed by atoms with Crippen LogP contribution in [0.2, 0.25) is 0 Å². The van der Waals surface area contributed by atoms with Crippen LogP contribution >= 0.6 is 0 Å². The fourth-order valence-corrected chi connectivity index (χ4v) is 3.50. The molecule has 0 spiro atoms. The minimum atomic E-state index is -0.0130. The molecule has 3 N–H and O–H groups in total. The Morgan fingerprint density at radius 2 is 2.22 bits per heavy atom. The molecule has 3 atom stereocenters. The Bertz CT molecular complexity index is 852. The zero-order valence-electron chi connectivity index (χ0n) is 16.4. The molecule has 1 aliphatic rings. The topological polar surface area (TPSA) is 96.8 Å². The monoisotopic (exact) mass is 368 g/mol. The molecule has 3 rings (SSSR count). The Labute approximate surface area is 160 Å². The van der Waals surface area contributed by atoms with Crippen LogP contribution in [0.3, 0.4) is 0 Å². The smallest absolute Gasteiger partial charge is 0.317 e. The van der Waals surface area contributed by atoms with Crippen molar-refractivity contribution in [1.29, 1.82) is 5.26 Å². The van der Waals surface area contributed by atoms with Crippen molar-refractivity contribution in [3.8, 4) is 6.07 Å². The third kappa shape index (κ3) is 3.85. The lowest BCUT2D eigenvalue weighted by Crippen LogP contribution is -2.45. The summed E-state index contributed by atoms with van der Waals surface area (Å²) in [5.41, 5.74) is 2.07. The second-order valence-corrected chi connectivity index (χ2v) is 7.70. The number of hydrogen-bond acceptors (Lipinski definition) is 4. The van der Waals surface area contributed by atoms with Gasteiger partial charge in [-0.15, -0.1) is 0 Å². The highest BCUT2D eigenvalue weighted by Crippen LogP contribution is 2.30. The van der Waals surface area contributed by atoms with E-state index in [1.807, 2.05) is 24.1 Å². The average Bonchev–Trinajstić information content (AvgIpc) is 3.28. The van der Waals surface area contributed by atoms with Crippen LogP contribution in [0.25, 0.3) is 11.0 Å². The van der Waals surface area contributed by atoms with Gasteiger partial charge in [-0.25, -0.2) is 9.78 Å². The van der Waals surface area contributed by atoms with Gasteiger partial charge < -0.3 is 20.5 Å². The van der Waals surface area contributed by atoms with E-state index in [1.165, 1.54) is 0 Å². The van der Waals surface area contributed by atoms with Gasteiger partial charge in [0.2, 0.25) is 0 Å². The van der Waals surface area contributed by atoms with Crippen LogP contribution in [0.15, 0.2) is 18.5 Å². The van der Waals surface area contributed by atoms with E-state index < -0.39 is 0 Å². The van der Waals surface area contributed by atoms with Crippen molar-refractivity contribution in [3.05, 3.63) is 24.0 Å². The zero-order valence-corrected chi connectivity index (χ0v) is 16.4. The Balaban J connectivity index is 1.78. The van der Waals surface area contributed by atoms with E-state index in [9.17, 15) is 10.1 Å². The number of urea groups is 1. The SMILES string of the molecule is CC[C@H]1CN(C(=O)NC(C)C(C)C)C[C@H]1Nc1c(C#N)cnc2[nH]ccc12. The van der Waals surface area contributed by atoms with Crippen molar-refractivity contribution in [1.82, 2.24) is 20.2 Å². The average molecular weight is 368 g/mol. The van der Waals surface area contributed by atoms with E-state index >= 15 is 0 Å². The van der Waals surface area contributed by atoms with E-state index in [2.05, 4.69) is 47.4 Å². The summed E-state index contributed by atoms with van der Waals surface area (Å²) < 4.78 is 0. The number of carbonyl (C=O) groups is 1. The van der Waals surface area contributed by atoms with Gasteiger partial charge in [-0.1, -0.05) is 20.8 Å². The Hall–Kier alpha value is -2.75. The third-order valence-electron chi connectivity index (χ3n) is 5.64. The second-order valence-electron chi connectivity index (χ2n) is 7.70. The van der Waals surface area contributed by atoms with Crippen molar-refractivity contribution in [2.24, 2.45) is 11.8 Å². The number of carbonyl (C=O) groups excluding carboxylic acids is 1. The second kappa shape index (κ2) is 7.87. The van der Waals surface area contributed by atoms with E-state index in [-0.39, 0.29) is 18.1 Å². The van der Waals surface area contributed by atoms with Crippen LogP contribution in [0.5, 0.6) is 0 Å². The standard InChI is InChI=1S/C20H28N6O/c1-5-14-10-26(20(27)24-13(4)12(2)3)11-17(14)25-18-15(8-21)9-23-19-16(18)6-7-22-19/h6-7,9,12-14,17H,5,10-11H2,1-4H3,(H,24,27)(H2,22,23,25)/t13?,14-,17+/m0/s1. The number of rotatable bonds is 5. The molecule has 1 saturated heterocycles. The van der Waals surface area contributed by atoms with Gasteiger partial charge in [0, 0.05) is 43.0 Å². The van der Waals surface area contributed by atoms with Gasteiger partial charge in [0.05, 0.1) is 11.3 Å². The number of hydrogen-bond donors (Lipinski definition) is 3. The maximum atomic E-state index is 12.6. The number of nitriles is 1. The zero-order chi connectivity index (χ0) is 19.6. The largest absolute Gasteiger partial charge is 0.378 e. The van der Waals surface area contributed by atoms with Gasteiger partial charge in [-0.05, 0) is 31.2 Å². The van der Waals surface area contributed by atoms with Gasteiger partial charge in [0.25, 0.3) is 0 Å². The predicted octanol–water partition coefficient (Wildman–Crippen LogP) is 3.31. The number of likely N-dealkylation sites (tertiary alicyclic amines) is 1. The third-order valence-corrected chi connectivity index (χ3v) is 5.64. The summed E-state index contributed by atoms with van der Waals surface area (Å²) in [4.78, 5) is 21.9. The van der Waals surface area contributed by atoms with Crippen molar-refractivity contribution >= 4 is 22.8 Å². The first kappa shape index (κ1) is 19.0. The van der Waals surface area contributed by atoms with Gasteiger partial charge in [0.15, 0.2) is 0 Å². The normalized spacial score (nSPS) is 20.7. The van der Waals surface area contributed by atoms with Crippen molar-refractivity contribution in [2.45, 2.75) is 46.2 Å². The van der Waals surface area contributed by atoms with E-state index in [4.69, 9.17) is 0 Å². The fourth-order valence-electron chi connectivity index (χ4n) is 3.50. The number of anilines is 1. The van der Waals surface area contributed by atoms with Crippen LogP contribution in [0.1, 0.15) is 39.7 Å². The summed E-state index contributed by atoms with van der Waals surface area (Å²) in [6.45, 7) is 9.71. The molecule has 1 aliphatic heterocycles. The lowest BCUT2D eigenvalue weighted by atomic mass is 10.00. The van der Waals surface area contributed by atoms with E-state index in [1.54, 1.807) is 6.20 Å². The van der Waals surface area contributed by atoms with Crippen LogP contribution in [-0.4, -0.2) is 46.1 Å². The van der Waals surface area contributed by atoms with Gasteiger partial charge >= 0.3 is 6.03 Å². The maximum Gasteiger partial charge on any atom is 0.317 e. The van der Waals surface area contributed by atoms with Crippen LogP contribution in [-0.2, 0) is 0 Å². The quantitative estimate of drug-likeness (QED) is 0.754. The molecule has 2 aromatic heterocycles. The predicted molar refractivity (Wildman–Crippen MR) is 106 cm³/mol. The number of pyridine rings is 1. The molecule has 3 heterocycles. The van der Waals surface area contributed by atoms with E-state index in [0.29, 0.717) is 30.5 Å². The molecule has 0 aliphatic carbocycles. The van der Waals surface area contributed by atoms with Crippen LogP contribution in [0, 0.1) is 23.2 Å². The maximum absolute atomic E-state index is 12.6. The molecular formula is C20H28N6O. The summed E-state index contributed by atoms with van der Waals surface area (Å²) in [5.74, 6) is 0.725. The summed E-state index contributed by atoms with van der Waals surface area (Å²) in [6.07, 6.45) is 4.37. The molecular weight excluding hydrogens is 340 g/mol. The Morgan fingerprint density at radius 1 is 1.44 bits per heavy atom. The summed E-state index contributed by atoms with van der Waals surface area (Å²) >= 11 is 0. The minimum absolute atomic E-state index is 0.0130. The van der Waals surface area contributed by atoms with Crippen LogP contribution in [0.4, 0.5) is 10.5 Å². The lowest BCUT2D eigenvalue weighted by molar-refractivity contribution is 0.200. The highest BCUT2D eigenvalue weighted by Gasteiger charge is 2.35. The van der Waals surface area contributed by atoms with Gasteiger partial charge in [0.1, 0.15) is 11.7 Å². The first-order chi connectivity index (χ1) is 12.9. The first-order valence-electron chi connectivity index (χ1n) is 9.62. The van der Waals surface area contributed by atoms with Crippen LogP contribution < -0.4 is 10.6 Å². The number of fused-ring (bicyclic) bond motifs is 1. The van der Waals surface area contributed by atoms with Gasteiger partial charge in [-0.3, -0.25) is 0 Å². The first-order valence-corrected chi connectivity index (χ1v) is 9.62.